The van der Waals surface area contributed by atoms with Crippen LogP contribution in [0.5, 0.6) is 5.75 Å². The number of pyridine rings is 1. The summed E-state index contributed by atoms with van der Waals surface area (Å²) < 4.78 is 49.0. The van der Waals surface area contributed by atoms with Gasteiger partial charge < -0.3 is 19.5 Å². The van der Waals surface area contributed by atoms with Gasteiger partial charge >= 0.3 is 6.18 Å². The van der Waals surface area contributed by atoms with E-state index in [1.165, 1.54) is 18.5 Å². The third kappa shape index (κ3) is 5.44. The number of halogens is 3. The Balaban J connectivity index is 1.47. The number of rotatable bonds is 7. The number of nitriles is 1. The minimum atomic E-state index is -4.63. The first-order valence-electron chi connectivity index (χ1n) is 11.7. The molecule has 8 nitrogen and oxygen atoms in total. The van der Waals surface area contributed by atoms with Crippen LogP contribution in [0.25, 0.3) is 22.3 Å². The smallest absolute Gasteiger partial charge is 0.419 e. The maximum atomic E-state index is 13.9. The zero-order valence-electron chi connectivity index (χ0n) is 20.1. The lowest BCUT2D eigenvalue weighted by Crippen LogP contribution is -2.42. The molecule has 0 aliphatic carbocycles. The summed E-state index contributed by atoms with van der Waals surface area (Å²) in [6.45, 7) is 1.74. The second kappa shape index (κ2) is 10.5. The van der Waals surface area contributed by atoms with Crippen molar-refractivity contribution in [1.29, 1.82) is 5.26 Å². The number of nitrogens with zero attached hydrogens (tertiary/aromatic N) is 5. The predicted molar refractivity (Wildman–Crippen MR) is 127 cm³/mol. The monoisotopic (exact) mass is 500 g/mol. The lowest BCUT2D eigenvalue weighted by atomic mass is 9.94. The van der Waals surface area contributed by atoms with Crippen LogP contribution in [-0.4, -0.2) is 58.6 Å². The molecule has 3 aromatic rings. The SMILES string of the molecule is CNCC(=O)N1CCC(CCOc2ccc(-c3cc4c(ncn4C)c(C#N)n3)cc2C(F)(F)F)CC1. The Morgan fingerprint density at radius 2 is 2.03 bits per heavy atom. The fraction of sp³-hybridized carbons (Fsp3) is 0.440. The number of likely N-dealkylation sites (tertiary alicyclic amines) is 1. The highest BCUT2D eigenvalue weighted by Gasteiger charge is 2.35. The van der Waals surface area contributed by atoms with E-state index in [0.717, 1.165) is 18.9 Å². The van der Waals surface area contributed by atoms with Crippen molar-refractivity contribution >= 4 is 16.9 Å². The Hall–Kier alpha value is -3.65. The molecule has 36 heavy (non-hydrogen) atoms. The number of hydrogen-bond acceptors (Lipinski definition) is 6. The molecule has 1 saturated heterocycles. The molecular weight excluding hydrogens is 473 g/mol. The minimum absolute atomic E-state index is 0.0516. The second-order valence-electron chi connectivity index (χ2n) is 8.89. The first-order chi connectivity index (χ1) is 17.2. The number of hydrogen-bond donors (Lipinski definition) is 1. The number of benzene rings is 1. The van der Waals surface area contributed by atoms with E-state index < -0.39 is 11.7 Å². The van der Waals surface area contributed by atoms with E-state index in [2.05, 4.69) is 15.3 Å². The van der Waals surface area contributed by atoms with Crippen LogP contribution in [0.1, 0.15) is 30.5 Å². The number of nitrogens with one attached hydrogen (secondary N) is 1. The second-order valence-corrected chi connectivity index (χ2v) is 8.89. The third-order valence-corrected chi connectivity index (χ3v) is 6.48. The molecule has 0 saturated carbocycles. The predicted octanol–water partition coefficient (Wildman–Crippen LogP) is 3.75. The Kier molecular flexibility index (Phi) is 7.45. The van der Waals surface area contributed by atoms with Gasteiger partial charge in [-0.15, -0.1) is 0 Å². The Morgan fingerprint density at radius 1 is 1.28 bits per heavy atom. The van der Waals surface area contributed by atoms with Crippen LogP contribution in [0.4, 0.5) is 13.2 Å². The van der Waals surface area contributed by atoms with E-state index in [9.17, 15) is 23.2 Å². The summed E-state index contributed by atoms with van der Waals surface area (Å²) in [5.41, 5.74) is 0.641. The van der Waals surface area contributed by atoms with Crippen molar-refractivity contribution in [1.82, 2.24) is 24.8 Å². The molecule has 3 heterocycles. The van der Waals surface area contributed by atoms with Crippen LogP contribution in [0.3, 0.4) is 0 Å². The Labute approximate surface area is 206 Å². The van der Waals surface area contributed by atoms with E-state index in [1.807, 2.05) is 11.0 Å². The van der Waals surface area contributed by atoms with Crippen LogP contribution in [0, 0.1) is 17.2 Å². The maximum Gasteiger partial charge on any atom is 0.419 e. The van der Waals surface area contributed by atoms with Gasteiger partial charge in [0.25, 0.3) is 0 Å². The number of ether oxygens (including phenoxy) is 1. The van der Waals surface area contributed by atoms with Gasteiger partial charge in [0.2, 0.25) is 5.91 Å². The van der Waals surface area contributed by atoms with Crippen molar-refractivity contribution in [3.05, 3.63) is 41.9 Å². The molecule has 1 fully saturated rings. The summed E-state index contributed by atoms with van der Waals surface area (Å²) in [7, 11) is 3.46. The van der Waals surface area contributed by atoms with Gasteiger partial charge in [-0.1, -0.05) is 0 Å². The maximum absolute atomic E-state index is 13.9. The van der Waals surface area contributed by atoms with E-state index >= 15 is 0 Å². The fourth-order valence-electron chi connectivity index (χ4n) is 4.46. The number of fused-ring (bicyclic) bond motifs is 1. The Morgan fingerprint density at radius 3 is 2.69 bits per heavy atom. The molecular formula is C25H27F3N6O2. The largest absolute Gasteiger partial charge is 0.493 e. The number of amides is 1. The number of carbonyl (C=O) groups excluding carboxylic acids is 1. The molecule has 0 bridgehead atoms. The van der Waals surface area contributed by atoms with E-state index in [-0.39, 0.29) is 41.1 Å². The Bertz CT molecular complexity index is 1290. The van der Waals surface area contributed by atoms with Crippen molar-refractivity contribution in [2.24, 2.45) is 13.0 Å². The van der Waals surface area contributed by atoms with Gasteiger partial charge in [-0.05, 0) is 56.5 Å². The van der Waals surface area contributed by atoms with Gasteiger partial charge in [-0.3, -0.25) is 4.79 Å². The molecule has 0 atom stereocenters. The first kappa shape index (κ1) is 25.4. The van der Waals surface area contributed by atoms with Crippen LogP contribution in [-0.2, 0) is 18.0 Å². The molecule has 190 valence electrons. The van der Waals surface area contributed by atoms with Crippen LogP contribution >= 0.6 is 0 Å². The topological polar surface area (TPSA) is 96.1 Å². The summed E-state index contributed by atoms with van der Waals surface area (Å²) >= 11 is 0. The highest BCUT2D eigenvalue weighted by molar-refractivity contribution is 5.84. The third-order valence-electron chi connectivity index (χ3n) is 6.48. The van der Waals surface area contributed by atoms with E-state index in [4.69, 9.17) is 4.74 Å². The number of imidazole rings is 1. The molecule has 4 rings (SSSR count). The average molecular weight is 501 g/mol. The van der Waals surface area contributed by atoms with E-state index in [0.29, 0.717) is 37.1 Å². The first-order valence-corrected chi connectivity index (χ1v) is 11.7. The summed E-state index contributed by atoms with van der Waals surface area (Å²) in [6.07, 6.45) is -0.893. The normalized spacial score (nSPS) is 14.7. The average Bonchev–Trinajstić information content (AvgIpc) is 3.24. The molecule has 1 N–H and O–H groups in total. The van der Waals surface area contributed by atoms with Crippen LogP contribution < -0.4 is 10.1 Å². The van der Waals surface area contributed by atoms with Gasteiger partial charge in [-0.25, -0.2) is 9.97 Å². The zero-order chi connectivity index (χ0) is 25.9. The van der Waals surface area contributed by atoms with Crippen molar-refractivity contribution < 1.29 is 22.7 Å². The highest BCUT2D eigenvalue weighted by atomic mass is 19.4. The fourth-order valence-corrected chi connectivity index (χ4v) is 4.46. The number of carbonyl (C=O) groups is 1. The van der Waals surface area contributed by atoms with Gasteiger partial charge in [0, 0.05) is 25.7 Å². The number of aryl methyl sites for hydroxylation is 1. The van der Waals surface area contributed by atoms with Crippen molar-refractivity contribution in [3.63, 3.8) is 0 Å². The van der Waals surface area contributed by atoms with Crippen molar-refractivity contribution in [2.75, 3.05) is 33.3 Å². The summed E-state index contributed by atoms with van der Waals surface area (Å²) in [4.78, 5) is 22.2. The van der Waals surface area contributed by atoms with Gasteiger partial charge in [0.05, 0.1) is 36.3 Å². The molecule has 1 aliphatic heterocycles. The molecule has 2 aromatic heterocycles. The van der Waals surface area contributed by atoms with E-state index in [1.54, 1.807) is 24.7 Å². The molecule has 0 spiro atoms. The number of likely N-dealkylation sites (N-methyl/N-ethyl adjacent to an activating group) is 1. The van der Waals surface area contributed by atoms with Crippen molar-refractivity contribution in [3.8, 4) is 23.1 Å². The molecule has 1 aromatic carbocycles. The van der Waals surface area contributed by atoms with Crippen LogP contribution in [0.15, 0.2) is 30.6 Å². The van der Waals surface area contributed by atoms with Gasteiger partial charge in [0.15, 0.2) is 5.69 Å². The zero-order valence-corrected chi connectivity index (χ0v) is 20.1. The van der Waals surface area contributed by atoms with Crippen LogP contribution in [0.2, 0.25) is 0 Å². The highest BCUT2D eigenvalue weighted by Crippen LogP contribution is 2.39. The lowest BCUT2D eigenvalue weighted by Gasteiger charge is -2.32. The molecule has 1 aliphatic rings. The molecule has 0 radical (unpaired) electrons. The summed E-state index contributed by atoms with van der Waals surface area (Å²) in [6, 6.07) is 7.41. The van der Waals surface area contributed by atoms with Crippen molar-refractivity contribution in [2.45, 2.75) is 25.4 Å². The standard InChI is InChI=1S/C25H27F3N6O2/c1-30-14-23(35)34-8-5-16(6-9-34)7-10-36-22-4-3-17(11-18(22)25(26,27)28)19-12-21-24(20(13-29)32-19)31-15-33(21)2/h3-4,11-12,15-16,30H,5-10,14H2,1-2H3. The summed E-state index contributed by atoms with van der Waals surface area (Å²) in [5, 5.41) is 12.3. The lowest BCUT2D eigenvalue weighted by molar-refractivity contribution is -0.139. The van der Waals surface area contributed by atoms with Gasteiger partial charge in [0.1, 0.15) is 17.3 Å². The minimum Gasteiger partial charge on any atom is -0.493 e. The number of alkyl halides is 3. The quantitative estimate of drug-likeness (QED) is 0.531. The molecule has 11 heteroatoms. The molecule has 1 amide bonds. The number of piperidine rings is 1. The van der Waals surface area contributed by atoms with Gasteiger partial charge in [-0.2, -0.15) is 18.4 Å². The summed E-state index contributed by atoms with van der Waals surface area (Å²) in [5.74, 6) is 0.104. The number of aromatic nitrogens is 3. The molecule has 0 unspecified atom stereocenters.